The van der Waals surface area contributed by atoms with Crippen LogP contribution >= 0.6 is 0 Å². The predicted molar refractivity (Wildman–Crippen MR) is 50.7 cm³/mol. The summed E-state index contributed by atoms with van der Waals surface area (Å²) in [5.74, 6) is -3.32. The van der Waals surface area contributed by atoms with E-state index in [0.717, 1.165) is 12.1 Å². The first-order chi connectivity index (χ1) is 7.83. The van der Waals surface area contributed by atoms with Crippen molar-refractivity contribution in [2.75, 3.05) is 13.7 Å². The van der Waals surface area contributed by atoms with Crippen LogP contribution in [0.4, 0.5) is 22.0 Å². The Bertz CT molecular complexity index is 368. The normalized spacial score (nSPS) is 11.6. The number of alkyl halides is 3. The van der Waals surface area contributed by atoms with Gasteiger partial charge in [-0.15, -0.1) is 0 Å². The molecule has 0 aromatic heterocycles. The molecule has 0 saturated heterocycles. The second kappa shape index (κ2) is 5.31. The van der Waals surface area contributed by atoms with Gasteiger partial charge in [-0.05, 0) is 24.7 Å². The number of ether oxygens (including phenoxy) is 1. The smallest absolute Gasteiger partial charge is 0.422 e. The van der Waals surface area contributed by atoms with Crippen molar-refractivity contribution in [2.24, 2.45) is 0 Å². The lowest BCUT2D eigenvalue weighted by Crippen LogP contribution is -2.20. The number of hydrogen-bond acceptors (Lipinski definition) is 2. The van der Waals surface area contributed by atoms with Gasteiger partial charge in [0.15, 0.2) is 24.0 Å². The van der Waals surface area contributed by atoms with E-state index in [4.69, 9.17) is 0 Å². The molecular formula is C10H10F5NO. The number of nitrogens with one attached hydrogen (secondary N) is 1. The fraction of sp³-hybridized carbons (Fsp3) is 0.400. The van der Waals surface area contributed by atoms with Crippen LogP contribution in [0.1, 0.15) is 5.56 Å². The zero-order valence-corrected chi connectivity index (χ0v) is 8.87. The third kappa shape index (κ3) is 4.18. The van der Waals surface area contributed by atoms with Crippen LogP contribution in [-0.2, 0) is 6.54 Å². The van der Waals surface area contributed by atoms with E-state index >= 15 is 0 Å². The molecular weight excluding hydrogens is 245 g/mol. The van der Waals surface area contributed by atoms with Crippen LogP contribution in [-0.4, -0.2) is 19.8 Å². The van der Waals surface area contributed by atoms with Crippen LogP contribution in [0.2, 0.25) is 0 Å². The molecule has 1 aromatic rings. The number of rotatable bonds is 4. The summed E-state index contributed by atoms with van der Waals surface area (Å²) in [6.45, 7) is -1.53. The average molecular weight is 255 g/mol. The lowest BCUT2D eigenvalue weighted by molar-refractivity contribution is -0.154. The molecule has 1 rings (SSSR count). The van der Waals surface area contributed by atoms with Crippen molar-refractivity contribution < 1.29 is 26.7 Å². The van der Waals surface area contributed by atoms with Crippen LogP contribution in [0.25, 0.3) is 0 Å². The molecule has 0 aliphatic carbocycles. The van der Waals surface area contributed by atoms with E-state index < -0.39 is 30.2 Å². The molecule has 7 heteroatoms. The van der Waals surface area contributed by atoms with Crippen LogP contribution in [0.5, 0.6) is 5.75 Å². The van der Waals surface area contributed by atoms with E-state index in [1.807, 2.05) is 0 Å². The zero-order chi connectivity index (χ0) is 13.1. The summed E-state index contributed by atoms with van der Waals surface area (Å²) in [5.41, 5.74) is 0.279. The summed E-state index contributed by atoms with van der Waals surface area (Å²) in [6, 6.07) is 1.84. The van der Waals surface area contributed by atoms with Crippen molar-refractivity contribution in [3.8, 4) is 5.75 Å². The predicted octanol–water partition coefficient (Wildman–Crippen LogP) is 2.63. The molecule has 0 radical (unpaired) electrons. The molecule has 0 bridgehead atoms. The molecule has 0 aliphatic heterocycles. The molecule has 0 fully saturated rings. The standard InChI is InChI=1S/C10H10F5NO/c1-16-4-6-2-7(11)9(8(12)3-6)17-5-10(13,14)15/h2-3,16H,4-5H2,1H3. The molecule has 0 heterocycles. The van der Waals surface area contributed by atoms with Crippen LogP contribution in [0.3, 0.4) is 0 Å². The topological polar surface area (TPSA) is 21.3 Å². The summed E-state index contributed by atoms with van der Waals surface area (Å²) in [4.78, 5) is 0. The summed E-state index contributed by atoms with van der Waals surface area (Å²) in [5, 5.41) is 2.66. The fourth-order valence-electron chi connectivity index (χ4n) is 1.21. The summed E-state index contributed by atoms with van der Waals surface area (Å²) in [6.07, 6.45) is -4.64. The molecule has 0 aliphatic rings. The Balaban J connectivity index is 2.86. The maximum Gasteiger partial charge on any atom is 0.422 e. The van der Waals surface area contributed by atoms with Gasteiger partial charge in [0.2, 0.25) is 0 Å². The van der Waals surface area contributed by atoms with Gasteiger partial charge in [-0.1, -0.05) is 0 Å². The molecule has 2 nitrogen and oxygen atoms in total. The highest BCUT2D eigenvalue weighted by atomic mass is 19.4. The van der Waals surface area contributed by atoms with E-state index in [1.165, 1.54) is 0 Å². The summed E-state index contributed by atoms with van der Waals surface area (Å²) >= 11 is 0. The number of halogens is 5. The van der Waals surface area contributed by atoms with Crippen molar-refractivity contribution in [3.63, 3.8) is 0 Å². The third-order valence-electron chi connectivity index (χ3n) is 1.82. The molecule has 1 N–H and O–H groups in total. The van der Waals surface area contributed by atoms with Gasteiger partial charge in [0.1, 0.15) is 0 Å². The molecule has 0 spiro atoms. The molecule has 17 heavy (non-hydrogen) atoms. The second-order valence-corrected chi connectivity index (χ2v) is 3.32. The highest BCUT2D eigenvalue weighted by Gasteiger charge is 2.29. The lowest BCUT2D eigenvalue weighted by atomic mass is 10.2. The minimum absolute atomic E-state index is 0.202. The van der Waals surface area contributed by atoms with Crippen LogP contribution in [0, 0.1) is 11.6 Å². The first-order valence-electron chi connectivity index (χ1n) is 4.65. The van der Waals surface area contributed by atoms with Gasteiger partial charge >= 0.3 is 6.18 Å². The number of hydrogen-bond donors (Lipinski definition) is 1. The van der Waals surface area contributed by atoms with E-state index in [1.54, 1.807) is 7.05 Å². The quantitative estimate of drug-likeness (QED) is 0.835. The van der Waals surface area contributed by atoms with E-state index in [-0.39, 0.29) is 12.1 Å². The van der Waals surface area contributed by atoms with Crippen molar-refractivity contribution in [1.29, 1.82) is 0 Å². The number of benzene rings is 1. The minimum atomic E-state index is -4.64. The molecule has 0 saturated carbocycles. The van der Waals surface area contributed by atoms with E-state index in [2.05, 4.69) is 10.1 Å². The van der Waals surface area contributed by atoms with E-state index in [9.17, 15) is 22.0 Å². The van der Waals surface area contributed by atoms with Crippen molar-refractivity contribution in [2.45, 2.75) is 12.7 Å². The molecule has 96 valence electrons. The molecule has 0 atom stereocenters. The monoisotopic (exact) mass is 255 g/mol. The third-order valence-corrected chi connectivity index (χ3v) is 1.82. The van der Waals surface area contributed by atoms with Crippen molar-refractivity contribution in [3.05, 3.63) is 29.3 Å². The first-order valence-corrected chi connectivity index (χ1v) is 4.65. The Hall–Kier alpha value is -1.37. The maximum atomic E-state index is 13.2. The Labute approximate surface area is 94.4 Å². The van der Waals surface area contributed by atoms with Crippen molar-refractivity contribution >= 4 is 0 Å². The minimum Gasteiger partial charge on any atom is -0.478 e. The van der Waals surface area contributed by atoms with Crippen molar-refractivity contribution in [1.82, 2.24) is 5.32 Å². The highest BCUT2D eigenvalue weighted by molar-refractivity contribution is 5.31. The van der Waals surface area contributed by atoms with Gasteiger partial charge in [-0.3, -0.25) is 0 Å². The lowest BCUT2D eigenvalue weighted by Gasteiger charge is -2.11. The van der Waals surface area contributed by atoms with Crippen LogP contribution < -0.4 is 10.1 Å². The maximum absolute atomic E-state index is 13.2. The first kappa shape index (κ1) is 13.7. The van der Waals surface area contributed by atoms with Gasteiger partial charge < -0.3 is 10.1 Å². The highest BCUT2D eigenvalue weighted by Crippen LogP contribution is 2.25. The SMILES string of the molecule is CNCc1cc(F)c(OCC(F)(F)F)c(F)c1. The molecule has 0 unspecified atom stereocenters. The van der Waals surface area contributed by atoms with Gasteiger partial charge in [-0.2, -0.15) is 13.2 Å². The average Bonchev–Trinajstić information content (AvgIpc) is 2.14. The second-order valence-electron chi connectivity index (χ2n) is 3.32. The molecule has 0 amide bonds. The van der Waals surface area contributed by atoms with Gasteiger partial charge in [0.05, 0.1) is 0 Å². The Kier molecular flexibility index (Phi) is 4.28. The van der Waals surface area contributed by atoms with Crippen LogP contribution in [0.15, 0.2) is 12.1 Å². The van der Waals surface area contributed by atoms with Gasteiger partial charge in [0.25, 0.3) is 0 Å². The van der Waals surface area contributed by atoms with Gasteiger partial charge in [-0.25, -0.2) is 8.78 Å². The Morgan fingerprint density at radius 2 is 1.71 bits per heavy atom. The summed E-state index contributed by atoms with van der Waals surface area (Å²) in [7, 11) is 1.57. The van der Waals surface area contributed by atoms with Gasteiger partial charge in [0, 0.05) is 6.54 Å². The Morgan fingerprint density at radius 3 is 2.12 bits per heavy atom. The summed E-state index contributed by atoms with van der Waals surface area (Å²) < 4.78 is 66.0. The largest absolute Gasteiger partial charge is 0.478 e. The molecule has 1 aromatic carbocycles. The fourth-order valence-corrected chi connectivity index (χ4v) is 1.21. The Morgan fingerprint density at radius 1 is 1.18 bits per heavy atom. The zero-order valence-electron chi connectivity index (χ0n) is 8.87. The van der Waals surface area contributed by atoms with E-state index in [0.29, 0.717) is 0 Å².